The van der Waals surface area contributed by atoms with Crippen LogP contribution in [0.25, 0.3) is 0 Å². The van der Waals surface area contributed by atoms with Crippen LogP contribution in [0.1, 0.15) is 284 Å². The molecule has 0 aromatic rings. The van der Waals surface area contributed by atoms with Crippen LogP contribution in [0.3, 0.4) is 0 Å². The van der Waals surface area contributed by atoms with Crippen molar-refractivity contribution in [2.24, 2.45) is 0 Å². The molecule has 1 amide bonds. The highest BCUT2D eigenvalue weighted by molar-refractivity contribution is 5.77. The number of carbonyl (C=O) groups excluding carboxylic acids is 2. The number of hydrogen-bond acceptors (Lipinski definition) is 5. The van der Waals surface area contributed by atoms with Crippen molar-refractivity contribution in [3.63, 3.8) is 0 Å². The van der Waals surface area contributed by atoms with Crippen LogP contribution in [0.5, 0.6) is 0 Å². The van der Waals surface area contributed by atoms with E-state index >= 15 is 0 Å². The Labute approximate surface area is 373 Å². The summed E-state index contributed by atoms with van der Waals surface area (Å²) in [5.74, 6) is -0.481. The zero-order valence-corrected chi connectivity index (χ0v) is 40.4. The Morgan fingerprint density at radius 3 is 1.23 bits per heavy atom. The van der Waals surface area contributed by atoms with Crippen LogP contribution in [-0.2, 0) is 14.3 Å². The second kappa shape index (κ2) is 48.4. The molecule has 0 aliphatic carbocycles. The van der Waals surface area contributed by atoms with Crippen molar-refractivity contribution < 1.29 is 24.5 Å². The average molecular weight is 846 g/mol. The van der Waals surface area contributed by atoms with E-state index < -0.39 is 18.2 Å². The first-order valence-electron chi connectivity index (χ1n) is 26.6. The van der Waals surface area contributed by atoms with Gasteiger partial charge in [-0.3, -0.25) is 9.59 Å². The molecule has 0 aromatic heterocycles. The van der Waals surface area contributed by atoms with Crippen LogP contribution in [0.15, 0.2) is 24.3 Å². The highest BCUT2D eigenvalue weighted by Gasteiger charge is 2.24. The lowest BCUT2D eigenvalue weighted by molar-refractivity contribution is -0.151. The van der Waals surface area contributed by atoms with Gasteiger partial charge in [0.1, 0.15) is 6.10 Å². The molecule has 0 fully saturated rings. The Kier molecular flexibility index (Phi) is 47.0. The molecule has 0 radical (unpaired) electrons. The quantitative estimate of drug-likeness (QED) is 0.0322. The zero-order chi connectivity index (χ0) is 43.8. The second-order valence-electron chi connectivity index (χ2n) is 18.3. The summed E-state index contributed by atoms with van der Waals surface area (Å²) in [6, 6.07) is -0.702. The van der Waals surface area contributed by atoms with Crippen molar-refractivity contribution in [3.05, 3.63) is 24.3 Å². The summed E-state index contributed by atoms with van der Waals surface area (Å²) in [5, 5.41) is 23.8. The third-order valence-electron chi connectivity index (χ3n) is 12.3. The van der Waals surface area contributed by atoms with Gasteiger partial charge in [-0.2, -0.15) is 0 Å². The Morgan fingerprint density at radius 1 is 0.467 bits per heavy atom. The fourth-order valence-corrected chi connectivity index (χ4v) is 8.19. The first-order valence-corrected chi connectivity index (χ1v) is 26.6. The van der Waals surface area contributed by atoms with Gasteiger partial charge in [0.2, 0.25) is 5.91 Å². The number of aliphatic hydroxyl groups is 2. The number of unbranched alkanes of at least 4 members (excludes halogenated alkanes) is 32. The highest BCUT2D eigenvalue weighted by atomic mass is 16.5. The van der Waals surface area contributed by atoms with Gasteiger partial charge < -0.3 is 20.3 Å². The molecule has 0 saturated heterocycles. The SMILES string of the molecule is CCCCC/C=C\CCCCCCCC(=O)OC(CCCCCCC/C=C\CCCCCC)CC(=O)NC(CO)C(O)CCCCCCCCCCCCCCCCCC. The van der Waals surface area contributed by atoms with Gasteiger partial charge in [0.15, 0.2) is 0 Å². The Bertz CT molecular complexity index is 950. The first-order chi connectivity index (χ1) is 29.5. The number of rotatable bonds is 48. The van der Waals surface area contributed by atoms with Crippen molar-refractivity contribution in [2.45, 2.75) is 302 Å². The topological polar surface area (TPSA) is 95.9 Å². The van der Waals surface area contributed by atoms with Crippen LogP contribution < -0.4 is 5.32 Å². The molecule has 6 heteroatoms. The summed E-state index contributed by atoms with van der Waals surface area (Å²) in [4.78, 5) is 26.1. The molecule has 0 aliphatic rings. The minimum Gasteiger partial charge on any atom is -0.462 e. The van der Waals surface area contributed by atoms with E-state index in [-0.39, 0.29) is 24.9 Å². The third-order valence-corrected chi connectivity index (χ3v) is 12.3. The zero-order valence-electron chi connectivity index (χ0n) is 40.4. The van der Waals surface area contributed by atoms with E-state index in [1.165, 1.54) is 173 Å². The van der Waals surface area contributed by atoms with E-state index in [2.05, 4.69) is 50.4 Å². The molecule has 0 aromatic carbocycles. The molecule has 0 aliphatic heterocycles. The number of esters is 1. The predicted octanol–water partition coefficient (Wildman–Crippen LogP) is 15.9. The minimum absolute atomic E-state index is 0.0724. The molecule has 60 heavy (non-hydrogen) atoms. The maximum absolute atomic E-state index is 13.2. The van der Waals surface area contributed by atoms with E-state index in [4.69, 9.17) is 4.74 Å². The van der Waals surface area contributed by atoms with Crippen LogP contribution in [0.2, 0.25) is 0 Å². The number of aliphatic hydroxyl groups excluding tert-OH is 2. The van der Waals surface area contributed by atoms with Gasteiger partial charge in [-0.25, -0.2) is 0 Å². The van der Waals surface area contributed by atoms with E-state index in [9.17, 15) is 19.8 Å². The smallest absolute Gasteiger partial charge is 0.306 e. The molecular weight excluding hydrogens is 743 g/mol. The van der Waals surface area contributed by atoms with Gasteiger partial charge >= 0.3 is 5.97 Å². The van der Waals surface area contributed by atoms with Gasteiger partial charge in [-0.05, 0) is 77.0 Å². The van der Waals surface area contributed by atoms with E-state index in [1.54, 1.807) is 0 Å². The molecule has 3 N–H and O–H groups in total. The van der Waals surface area contributed by atoms with Gasteiger partial charge in [0, 0.05) is 6.42 Å². The third kappa shape index (κ3) is 43.0. The van der Waals surface area contributed by atoms with Crippen molar-refractivity contribution in [2.75, 3.05) is 6.61 Å². The molecule has 6 nitrogen and oxygen atoms in total. The van der Waals surface area contributed by atoms with Crippen molar-refractivity contribution in [3.8, 4) is 0 Å². The Morgan fingerprint density at radius 2 is 0.800 bits per heavy atom. The molecule has 3 unspecified atom stereocenters. The summed E-state index contributed by atoms with van der Waals surface area (Å²) in [6.45, 7) is 6.46. The lowest BCUT2D eigenvalue weighted by Crippen LogP contribution is -2.46. The van der Waals surface area contributed by atoms with Gasteiger partial charge in [-0.1, -0.05) is 218 Å². The highest BCUT2D eigenvalue weighted by Crippen LogP contribution is 2.18. The van der Waals surface area contributed by atoms with E-state index in [1.807, 2.05) is 0 Å². The number of amides is 1. The lowest BCUT2D eigenvalue weighted by atomic mass is 10.0. The standard InChI is InChI=1S/C54H103NO5/c1-4-7-10-13-16-19-22-25-26-27-29-31-34-37-40-43-46-52(57)51(49-56)55-53(58)48-50(45-42-39-36-33-30-28-23-20-17-14-11-8-5-2)60-54(59)47-44-41-38-35-32-24-21-18-15-12-9-6-3/h18,20-21,23,50-52,56-57H,4-17,19,22,24-49H2,1-3H3,(H,55,58)/b21-18-,23-20-. The fourth-order valence-electron chi connectivity index (χ4n) is 8.19. The predicted molar refractivity (Wildman–Crippen MR) is 260 cm³/mol. The maximum Gasteiger partial charge on any atom is 0.306 e. The molecule has 354 valence electrons. The largest absolute Gasteiger partial charge is 0.462 e. The van der Waals surface area contributed by atoms with Crippen LogP contribution in [-0.4, -0.2) is 46.9 Å². The van der Waals surface area contributed by atoms with E-state index in [0.717, 1.165) is 64.2 Å². The van der Waals surface area contributed by atoms with Crippen LogP contribution >= 0.6 is 0 Å². The number of nitrogens with one attached hydrogen (secondary N) is 1. The van der Waals surface area contributed by atoms with Crippen molar-refractivity contribution >= 4 is 11.9 Å². The number of hydrogen-bond donors (Lipinski definition) is 3. The summed E-state index contributed by atoms with van der Waals surface area (Å²) in [7, 11) is 0. The van der Waals surface area contributed by atoms with Gasteiger partial charge in [-0.15, -0.1) is 0 Å². The molecule has 0 saturated carbocycles. The molecule has 0 spiro atoms. The second-order valence-corrected chi connectivity index (χ2v) is 18.3. The summed E-state index contributed by atoms with van der Waals surface area (Å²) >= 11 is 0. The van der Waals surface area contributed by atoms with Crippen molar-refractivity contribution in [1.29, 1.82) is 0 Å². The average Bonchev–Trinajstić information content (AvgIpc) is 3.24. The molecule has 0 bridgehead atoms. The minimum atomic E-state index is -0.788. The monoisotopic (exact) mass is 846 g/mol. The molecular formula is C54H103NO5. The first kappa shape index (κ1) is 58.3. The van der Waals surface area contributed by atoms with Gasteiger partial charge in [0.05, 0.1) is 25.2 Å². The summed E-state index contributed by atoms with van der Waals surface area (Å²) in [5.41, 5.74) is 0. The number of allylic oxidation sites excluding steroid dienone is 4. The normalized spacial score (nSPS) is 13.3. The Balaban J connectivity index is 4.51. The fraction of sp³-hybridized carbons (Fsp3) is 0.889. The van der Waals surface area contributed by atoms with E-state index in [0.29, 0.717) is 19.3 Å². The number of carbonyl (C=O) groups is 2. The summed E-state index contributed by atoms with van der Waals surface area (Å²) < 4.78 is 5.92. The molecule has 0 rings (SSSR count). The Hall–Kier alpha value is -1.66. The van der Waals surface area contributed by atoms with Crippen LogP contribution in [0.4, 0.5) is 0 Å². The molecule has 3 atom stereocenters. The van der Waals surface area contributed by atoms with Gasteiger partial charge in [0.25, 0.3) is 0 Å². The molecule has 0 heterocycles. The van der Waals surface area contributed by atoms with Crippen molar-refractivity contribution in [1.82, 2.24) is 5.32 Å². The summed E-state index contributed by atoms with van der Waals surface area (Å²) in [6.07, 6.45) is 55.2. The number of ether oxygens (including phenoxy) is 1. The van der Waals surface area contributed by atoms with Crippen LogP contribution in [0, 0.1) is 0 Å². The maximum atomic E-state index is 13.2. The lowest BCUT2D eigenvalue weighted by Gasteiger charge is -2.24.